The van der Waals surface area contributed by atoms with Gasteiger partial charge in [-0.25, -0.2) is 4.79 Å². The van der Waals surface area contributed by atoms with Crippen molar-refractivity contribution in [2.45, 2.75) is 50.5 Å². The minimum atomic E-state index is -0.677. The molecule has 2 saturated heterocycles. The Labute approximate surface area is 143 Å². The lowest BCUT2D eigenvalue weighted by Crippen LogP contribution is -2.45. The Bertz CT molecular complexity index is 514. The second-order valence-electron chi connectivity index (χ2n) is 7.33. The molecule has 0 aromatic rings. The van der Waals surface area contributed by atoms with Gasteiger partial charge in [0.25, 0.3) is 5.91 Å². The van der Waals surface area contributed by atoms with Gasteiger partial charge in [0.05, 0.1) is 0 Å². The van der Waals surface area contributed by atoms with Gasteiger partial charge in [0.2, 0.25) is 5.91 Å². The maximum Gasteiger partial charge on any atom is 0.325 e. The smallest absolute Gasteiger partial charge is 0.325 e. The Morgan fingerprint density at radius 1 is 1.29 bits per heavy atom. The molecule has 2 N–H and O–H groups in total. The Morgan fingerprint density at radius 3 is 2.75 bits per heavy atom. The SMILES string of the molecule is CNCC1CCCN(C(=O)CCN2C(=O)NC3(CCCC3)C2=O)C1. The molecule has 7 nitrogen and oxygen atoms in total. The number of nitrogens with zero attached hydrogens (tertiary/aromatic N) is 2. The zero-order chi connectivity index (χ0) is 17.2. The van der Waals surface area contributed by atoms with Crippen molar-refractivity contribution < 1.29 is 14.4 Å². The molecular weight excluding hydrogens is 308 g/mol. The van der Waals surface area contributed by atoms with Crippen molar-refractivity contribution >= 4 is 17.8 Å². The van der Waals surface area contributed by atoms with Crippen LogP contribution in [-0.4, -0.2) is 66.4 Å². The van der Waals surface area contributed by atoms with Crippen molar-refractivity contribution in [2.24, 2.45) is 5.92 Å². The van der Waals surface area contributed by atoms with Crippen LogP contribution >= 0.6 is 0 Å². The average Bonchev–Trinajstić information content (AvgIpc) is 3.13. The van der Waals surface area contributed by atoms with Crippen LogP contribution < -0.4 is 10.6 Å². The van der Waals surface area contributed by atoms with Crippen LogP contribution in [0.1, 0.15) is 44.9 Å². The van der Waals surface area contributed by atoms with Crippen molar-refractivity contribution in [3.05, 3.63) is 0 Å². The third kappa shape index (κ3) is 3.27. The summed E-state index contributed by atoms with van der Waals surface area (Å²) >= 11 is 0. The fraction of sp³-hybridized carbons (Fsp3) is 0.824. The minimum absolute atomic E-state index is 0.0452. The predicted octanol–water partition coefficient (Wildman–Crippen LogP) is 0.699. The molecule has 7 heteroatoms. The van der Waals surface area contributed by atoms with E-state index in [1.54, 1.807) is 0 Å². The molecule has 4 amide bonds. The van der Waals surface area contributed by atoms with Gasteiger partial charge < -0.3 is 15.5 Å². The first kappa shape index (κ1) is 17.2. The van der Waals surface area contributed by atoms with E-state index in [9.17, 15) is 14.4 Å². The number of carbonyl (C=O) groups is 3. The lowest BCUT2D eigenvalue weighted by molar-refractivity contribution is -0.134. The molecule has 2 aliphatic heterocycles. The van der Waals surface area contributed by atoms with Crippen LogP contribution in [0.3, 0.4) is 0 Å². The molecule has 0 bridgehead atoms. The highest BCUT2D eigenvalue weighted by Crippen LogP contribution is 2.35. The normalized spacial score (nSPS) is 26.3. The van der Waals surface area contributed by atoms with Crippen molar-refractivity contribution in [2.75, 3.05) is 33.2 Å². The Balaban J connectivity index is 1.52. The van der Waals surface area contributed by atoms with E-state index < -0.39 is 5.54 Å². The molecule has 24 heavy (non-hydrogen) atoms. The number of likely N-dealkylation sites (tertiary alicyclic amines) is 1. The summed E-state index contributed by atoms with van der Waals surface area (Å²) in [4.78, 5) is 40.3. The van der Waals surface area contributed by atoms with E-state index in [1.165, 1.54) is 4.90 Å². The molecule has 1 atom stereocenters. The van der Waals surface area contributed by atoms with Crippen LogP contribution in [0.4, 0.5) is 4.79 Å². The first-order chi connectivity index (χ1) is 11.6. The molecule has 1 saturated carbocycles. The Hall–Kier alpha value is -1.63. The van der Waals surface area contributed by atoms with E-state index in [0.29, 0.717) is 5.92 Å². The summed E-state index contributed by atoms with van der Waals surface area (Å²) in [5.41, 5.74) is -0.677. The fourth-order valence-electron chi connectivity index (χ4n) is 4.31. The highest BCUT2D eigenvalue weighted by atomic mass is 16.2. The molecule has 0 radical (unpaired) electrons. The molecule has 1 aliphatic carbocycles. The van der Waals surface area contributed by atoms with Crippen molar-refractivity contribution in [3.63, 3.8) is 0 Å². The number of amides is 4. The highest BCUT2D eigenvalue weighted by molar-refractivity contribution is 6.07. The second kappa shape index (κ2) is 7.09. The molecule has 3 fully saturated rings. The van der Waals surface area contributed by atoms with Crippen LogP contribution in [0.5, 0.6) is 0 Å². The maximum absolute atomic E-state index is 12.6. The van der Waals surface area contributed by atoms with Gasteiger partial charge in [0, 0.05) is 26.1 Å². The van der Waals surface area contributed by atoms with Crippen LogP contribution in [-0.2, 0) is 9.59 Å². The summed E-state index contributed by atoms with van der Waals surface area (Å²) in [5, 5.41) is 6.03. The monoisotopic (exact) mass is 336 g/mol. The maximum atomic E-state index is 12.6. The van der Waals surface area contributed by atoms with Crippen molar-refractivity contribution in [3.8, 4) is 0 Å². The minimum Gasteiger partial charge on any atom is -0.342 e. The van der Waals surface area contributed by atoms with Gasteiger partial charge in [0.1, 0.15) is 5.54 Å². The van der Waals surface area contributed by atoms with E-state index in [1.807, 2.05) is 11.9 Å². The lowest BCUT2D eigenvalue weighted by Gasteiger charge is -2.33. The Kier molecular flexibility index (Phi) is 5.08. The predicted molar refractivity (Wildman–Crippen MR) is 89.3 cm³/mol. The zero-order valence-electron chi connectivity index (χ0n) is 14.5. The summed E-state index contributed by atoms with van der Waals surface area (Å²) in [7, 11) is 1.93. The van der Waals surface area contributed by atoms with Crippen LogP contribution in [0.25, 0.3) is 0 Å². The van der Waals surface area contributed by atoms with Gasteiger partial charge in [-0.15, -0.1) is 0 Å². The number of imide groups is 1. The van der Waals surface area contributed by atoms with E-state index in [-0.39, 0.29) is 30.8 Å². The quantitative estimate of drug-likeness (QED) is 0.724. The second-order valence-corrected chi connectivity index (χ2v) is 7.33. The summed E-state index contributed by atoms with van der Waals surface area (Å²) in [6.45, 7) is 2.66. The standard InChI is InChI=1S/C17H28N4O3/c1-18-11-13-5-4-9-20(12-13)14(22)6-10-21-15(23)17(19-16(21)24)7-2-3-8-17/h13,18H,2-12H2,1H3,(H,19,24). The number of hydrogen-bond donors (Lipinski definition) is 2. The van der Waals surface area contributed by atoms with Crippen LogP contribution in [0, 0.1) is 5.92 Å². The van der Waals surface area contributed by atoms with Crippen molar-refractivity contribution in [1.29, 1.82) is 0 Å². The average molecular weight is 336 g/mol. The number of carbonyl (C=O) groups excluding carboxylic acids is 3. The molecule has 2 heterocycles. The number of nitrogens with one attached hydrogen (secondary N) is 2. The molecule has 1 spiro atoms. The van der Waals surface area contributed by atoms with Gasteiger partial charge in [-0.3, -0.25) is 14.5 Å². The van der Waals surface area contributed by atoms with Crippen LogP contribution in [0.15, 0.2) is 0 Å². The lowest BCUT2D eigenvalue weighted by atomic mass is 9.97. The Morgan fingerprint density at radius 2 is 2.04 bits per heavy atom. The summed E-state index contributed by atoms with van der Waals surface area (Å²) in [5.74, 6) is 0.402. The molecule has 0 aromatic carbocycles. The van der Waals surface area contributed by atoms with Gasteiger partial charge in [-0.1, -0.05) is 12.8 Å². The third-order valence-corrected chi connectivity index (χ3v) is 5.62. The molecule has 3 rings (SSSR count). The molecule has 3 aliphatic rings. The number of hydrogen-bond acceptors (Lipinski definition) is 4. The first-order valence-electron chi connectivity index (χ1n) is 9.12. The first-order valence-corrected chi connectivity index (χ1v) is 9.12. The third-order valence-electron chi connectivity index (χ3n) is 5.62. The fourth-order valence-corrected chi connectivity index (χ4v) is 4.31. The van der Waals surface area contributed by atoms with E-state index in [4.69, 9.17) is 0 Å². The van der Waals surface area contributed by atoms with E-state index in [0.717, 1.165) is 58.2 Å². The summed E-state index contributed by atoms with van der Waals surface area (Å²) in [6.07, 6.45) is 5.77. The largest absolute Gasteiger partial charge is 0.342 e. The summed E-state index contributed by atoms with van der Waals surface area (Å²) in [6, 6.07) is -0.332. The van der Waals surface area contributed by atoms with E-state index >= 15 is 0 Å². The van der Waals surface area contributed by atoms with E-state index in [2.05, 4.69) is 10.6 Å². The number of piperidine rings is 1. The summed E-state index contributed by atoms with van der Waals surface area (Å²) < 4.78 is 0. The highest BCUT2D eigenvalue weighted by Gasteiger charge is 2.52. The molecule has 0 aromatic heterocycles. The molecule has 1 unspecified atom stereocenters. The van der Waals surface area contributed by atoms with Crippen molar-refractivity contribution in [1.82, 2.24) is 20.4 Å². The van der Waals surface area contributed by atoms with Gasteiger partial charge in [-0.05, 0) is 45.2 Å². The molecule has 134 valence electrons. The zero-order valence-corrected chi connectivity index (χ0v) is 14.5. The number of rotatable bonds is 5. The topological polar surface area (TPSA) is 81.8 Å². The number of urea groups is 1. The van der Waals surface area contributed by atoms with Gasteiger partial charge in [-0.2, -0.15) is 0 Å². The van der Waals surface area contributed by atoms with Gasteiger partial charge in [0.15, 0.2) is 0 Å². The van der Waals surface area contributed by atoms with Crippen LogP contribution in [0.2, 0.25) is 0 Å². The van der Waals surface area contributed by atoms with Gasteiger partial charge >= 0.3 is 6.03 Å². The molecular formula is C17H28N4O3.